The van der Waals surface area contributed by atoms with Crippen molar-refractivity contribution in [3.63, 3.8) is 0 Å². The molecule has 11 heteroatoms. The van der Waals surface area contributed by atoms with Gasteiger partial charge >= 0.3 is 12.4 Å². The zero-order valence-electron chi connectivity index (χ0n) is 9.40. The van der Waals surface area contributed by atoms with Crippen LogP contribution in [0.25, 0.3) is 5.65 Å². The van der Waals surface area contributed by atoms with Crippen LogP contribution in [0.4, 0.5) is 32.2 Å². The molecule has 2 rings (SSSR count). The Balaban J connectivity index is 2.46. The predicted octanol–water partition coefficient (Wildman–Crippen LogP) is 2.18. The highest BCUT2D eigenvalue weighted by atomic mass is 19.4. The van der Waals surface area contributed by atoms with Gasteiger partial charge in [0.05, 0.1) is 6.20 Å². The molecule has 5 nitrogen and oxygen atoms in total. The van der Waals surface area contributed by atoms with E-state index in [0.29, 0.717) is 0 Å². The van der Waals surface area contributed by atoms with Gasteiger partial charge in [-0.1, -0.05) is 0 Å². The Labute approximate surface area is 107 Å². The van der Waals surface area contributed by atoms with Crippen molar-refractivity contribution >= 4 is 11.5 Å². The smallest absolute Gasteiger partial charge is 0.434 e. The van der Waals surface area contributed by atoms with Crippen molar-refractivity contribution in [3.05, 3.63) is 18.6 Å². The number of rotatable bonds is 2. The Morgan fingerprint density at radius 3 is 2.30 bits per heavy atom. The fraction of sp³-hybridized carbons (Fsp3) is 0.333. The zero-order chi connectivity index (χ0) is 15.1. The molecule has 0 amide bonds. The van der Waals surface area contributed by atoms with Crippen molar-refractivity contribution < 1.29 is 31.1 Å². The molecule has 0 aliphatic carbocycles. The van der Waals surface area contributed by atoms with Crippen molar-refractivity contribution in [2.24, 2.45) is 0 Å². The van der Waals surface area contributed by atoms with Crippen molar-refractivity contribution in [1.82, 2.24) is 14.4 Å². The molecule has 0 spiro atoms. The standard InChI is InChI=1S/C9H6F6N4O/c10-8(11,12)7(9(13,14)15)20-6-5-17-1-2-19(5)3-4(16)18-6/h1-3,7H,16H2. The molecule has 2 aromatic rings. The lowest BCUT2D eigenvalue weighted by Gasteiger charge is -2.23. The number of nitrogens with two attached hydrogens (primary N) is 1. The lowest BCUT2D eigenvalue weighted by Crippen LogP contribution is -2.46. The van der Waals surface area contributed by atoms with Crippen LogP contribution < -0.4 is 10.5 Å². The highest BCUT2D eigenvalue weighted by Crippen LogP contribution is 2.36. The third-order valence-electron chi connectivity index (χ3n) is 2.19. The summed E-state index contributed by atoms with van der Waals surface area (Å²) < 4.78 is 79.5. The van der Waals surface area contributed by atoms with E-state index in [1.54, 1.807) is 0 Å². The maximum atomic E-state index is 12.4. The highest BCUT2D eigenvalue weighted by Gasteiger charge is 2.59. The molecule has 0 atom stereocenters. The Morgan fingerprint density at radius 1 is 1.15 bits per heavy atom. The molecule has 0 unspecified atom stereocenters. The Hall–Kier alpha value is -2.20. The number of fused-ring (bicyclic) bond motifs is 1. The molecule has 0 fully saturated rings. The average Bonchev–Trinajstić information content (AvgIpc) is 2.69. The van der Waals surface area contributed by atoms with E-state index in [1.165, 1.54) is 12.4 Å². The first-order valence-electron chi connectivity index (χ1n) is 4.98. The summed E-state index contributed by atoms with van der Waals surface area (Å²) in [6.07, 6.45) is -11.7. The molecule has 0 bridgehead atoms. The van der Waals surface area contributed by atoms with Gasteiger partial charge in [-0.3, -0.25) is 4.40 Å². The van der Waals surface area contributed by atoms with Crippen LogP contribution in [0.1, 0.15) is 0 Å². The lowest BCUT2D eigenvalue weighted by atomic mass is 10.3. The summed E-state index contributed by atoms with van der Waals surface area (Å²) in [5, 5.41) is 0. The van der Waals surface area contributed by atoms with E-state index in [1.807, 2.05) is 0 Å². The molecule has 0 aromatic carbocycles. The van der Waals surface area contributed by atoms with Crippen LogP contribution in [-0.2, 0) is 0 Å². The maximum Gasteiger partial charge on any atom is 0.434 e. The quantitative estimate of drug-likeness (QED) is 0.863. The van der Waals surface area contributed by atoms with E-state index in [-0.39, 0.29) is 11.5 Å². The SMILES string of the molecule is Nc1cn2ccnc2c(OC(C(F)(F)F)C(F)(F)F)n1. The molecule has 0 saturated heterocycles. The summed E-state index contributed by atoms with van der Waals surface area (Å²) in [6, 6.07) is 0. The van der Waals surface area contributed by atoms with Gasteiger partial charge in [0, 0.05) is 12.4 Å². The van der Waals surface area contributed by atoms with E-state index in [0.717, 1.165) is 10.6 Å². The summed E-state index contributed by atoms with van der Waals surface area (Å²) in [5.74, 6) is -1.26. The molecule has 2 aromatic heterocycles. The summed E-state index contributed by atoms with van der Waals surface area (Å²) >= 11 is 0. The van der Waals surface area contributed by atoms with E-state index >= 15 is 0 Å². The largest absolute Gasteiger partial charge is 0.452 e. The second-order valence-corrected chi connectivity index (χ2v) is 3.71. The normalized spacial score (nSPS) is 13.2. The number of nitrogen functional groups attached to an aromatic ring is 1. The second kappa shape index (κ2) is 4.42. The van der Waals surface area contributed by atoms with E-state index < -0.39 is 24.3 Å². The van der Waals surface area contributed by atoms with Crippen molar-refractivity contribution in [1.29, 1.82) is 0 Å². The number of alkyl halides is 6. The van der Waals surface area contributed by atoms with Crippen LogP contribution in [0.15, 0.2) is 18.6 Å². The first-order chi connectivity index (χ1) is 9.09. The van der Waals surface area contributed by atoms with Crippen LogP contribution >= 0.6 is 0 Å². The van der Waals surface area contributed by atoms with Crippen LogP contribution in [0.5, 0.6) is 5.88 Å². The molecule has 2 N–H and O–H groups in total. The monoisotopic (exact) mass is 300 g/mol. The molecule has 20 heavy (non-hydrogen) atoms. The predicted molar refractivity (Wildman–Crippen MR) is 53.9 cm³/mol. The Kier molecular flexibility index (Phi) is 3.14. The number of aromatic nitrogens is 3. The van der Waals surface area contributed by atoms with E-state index in [9.17, 15) is 26.3 Å². The molecule has 110 valence electrons. The fourth-order valence-electron chi connectivity index (χ4n) is 1.43. The van der Waals surface area contributed by atoms with E-state index in [2.05, 4.69) is 14.7 Å². The van der Waals surface area contributed by atoms with Crippen LogP contribution in [0, 0.1) is 0 Å². The van der Waals surface area contributed by atoms with Gasteiger partial charge in [0.15, 0.2) is 0 Å². The van der Waals surface area contributed by atoms with Crippen molar-refractivity contribution in [2.75, 3.05) is 5.73 Å². The third-order valence-corrected chi connectivity index (χ3v) is 2.19. The van der Waals surface area contributed by atoms with E-state index in [4.69, 9.17) is 5.73 Å². The van der Waals surface area contributed by atoms with Gasteiger partial charge in [-0.25, -0.2) is 4.98 Å². The number of imidazole rings is 1. The fourth-order valence-corrected chi connectivity index (χ4v) is 1.43. The van der Waals surface area contributed by atoms with Gasteiger partial charge in [0.2, 0.25) is 5.65 Å². The van der Waals surface area contributed by atoms with Gasteiger partial charge < -0.3 is 10.5 Å². The van der Waals surface area contributed by atoms with Crippen LogP contribution in [0.3, 0.4) is 0 Å². The summed E-state index contributed by atoms with van der Waals surface area (Å²) in [7, 11) is 0. The zero-order valence-corrected chi connectivity index (χ0v) is 9.40. The molecule has 0 aliphatic rings. The van der Waals surface area contributed by atoms with Crippen molar-refractivity contribution in [2.45, 2.75) is 18.5 Å². The number of hydrogen-bond donors (Lipinski definition) is 1. The number of halogens is 6. The number of anilines is 1. The maximum absolute atomic E-state index is 12.4. The minimum Gasteiger partial charge on any atom is -0.452 e. The topological polar surface area (TPSA) is 65.4 Å². The highest BCUT2D eigenvalue weighted by molar-refractivity contribution is 5.52. The number of nitrogens with zero attached hydrogens (tertiary/aromatic N) is 3. The van der Waals surface area contributed by atoms with Gasteiger partial charge in [-0.15, -0.1) is 0 Å². The summed E-state index contributed by atoms with van der Waals surface area (Å²) in [4.78, 5) is 6.87. The molecular formula is C9H6F6N4O. The minimum atomic E-state index is -5.64. The van der Waals surface area contributed by atoms with Gasteiger partial charge in [-0.05, 0) is 0 Å². The third kappa shape index (κ3) is 2.70. The van der Waals surface area contributed by atoms with Crippen LogP contribution in [-0.4, -0.2) is 32.8 Å². The van der Waals surface area contributed by atoms with Gasteiger partial charge in [0.25, 0.3) is 12.0 Å². The molecule has 0 aliphatic heterocycles. The number of hydrogen-bond acceptors (Lipinski definition) is 4. The lowest BCUT2D eigenvalue weighted by molar-refractivity contribution is -0.300. The van der Waals surface area contributed by atoms with Crippen LogP contribution in [0.2, 0.25) is 0 Å². The first kappa shape index (κ1) is 14.2. The minimum absolute atomic E-state index is 0.308. The summed E-state index contributed by atoms with van der Waals surface area (Å²) in [5.41, 5.74) is 4.97. The van der Waals surface area contributed by atoms with Gasteiger partial charge in [-0.2, -0.15) is 31.3 Å². The Morgan fingerprint density at radius 2 is 1.75 bits per heavy atom. The van der Waals surface area contributed by atoms with Gasteiger partial charge in [0.1, 0.15) is 5.82 Å². The molecule has 0 saturated carbocycles. The Bertz CT molecular complexity index is 605. The second-order valence-electron chi connectivity index (χ2n) is 3.71. The van der Waals surface area contributed by atoms with Crippen molar-refractivity contribution in [3.8, 4) is 5.88 Å². The number of ether oxygens (including phenoxy) is 1. The molecular weight excluding hydrogens is 294 g/mol. The molecule has 0 radical (unpaired) electrons. The molecule has 2 heterocycles. The first-order valence-corrected chi connectivity index (χ1v) is 4.98. The summed E-state index contributed by atoms with van der Waals surface area (Å²) in [6.45, 7) is 0. The average molecular weight is 300 g/mol.